The normalized spacial score (nSPS) is 12.1. The Hall–Kier alpha value is -2.80. The topological polar surface area (TPSA) is 53.7 Å². The van der Waals surface area contributed by atoms with Gasteiger partial charge < -0.3 is 9.52 Å². The van der Waals surface area contributed by atoms with E-state index in [1.54, 1.807) is 18.2 Å². The zero-order valence-corrected chi connectivity index (χ0v) is 16.9. The molecule has 1 heterocycles. The maximum absolute atomic E-state index is 13.9. The monoisotopic (exact) mass is 419 g/mol. The van der Waals surface area contributed by atoms with Crippen LogP contribution in [0.3, 0.4) is 0 Å². The van der Waals surface area contributed by atoms with Crippen LogP contribution in [0.4, 0.5) is 13.2 Å². The van der Waals surface area contributed by atoms with Gasteiger partial charge >= 0.3 is 6.18 Å². The summed E-state index contributed by atoms with van der Waals surface area (Å²) in [6.07, 6.45) is -3.17. The van der Waals surface area contributed by atoms with E-state index >= 15 is 0 Å². The van der Waals surface area contributed by atoms with Crippen LogP contribution >= 0.6 is 0 Å². The average Bonchev–Trinajstić information content (AvgIpc) is 2.70. The molecule has 7 heteroatoms. The van der Waals surface area contributed by atoms with E-state index < -0.39 is 22.9 Å². The average molecular weight is 419 g/mol. The van der Waals surface area contributed by atoms with E-state index in [2.05, 4.69) is 0 Å². The van der Waals surface area contributed by atoms with Crippen molar-refractivity contribution in [2.24, 2.45) is 0 Å². The van der Waals surface area contributed by atoms with Gasteiger partial charge in [-0.25, -0.2) is 0 Å². The minimum absolute atomic E-state index is 0.0163. The molecule has 0 saturated carbocycles. The molecule has 3 rings (SSSR count). The summed E-state index contributed by atoms with van der Waals surface area (Å²) in [4.78, 5) is 15.2. The van der Waals surface area contributed by atoms with E-state index in [1.807, 2.05) is 18.7 Å². The number of aromatic hydroxyl groups is 1. The molecule has 1 aromatic heterocycles. The van der Waals surface area contributed by atoms with Crippen molar-refractivity contribution in [1.82, 2.24) is 4.90 Å². The number of nitrogens with zero attached hydrogens (tertiary/aromatic N) is 1. The number of fused-ring (bicyclic) bond motifs is 1. The van der Waals surface area contributed by atoms with Gasteiger partial charge in [0.15, 0.2) is 0 Å². The van der Waals surface area contributed by atoms with Crippen molar-refractivity contribution in [3.8, 4) is 16.9 Å². The second-order valence-corrected chi connectivity index (χ2v) is 7.22. The molecule has 0 fully saturated rings. The highest BCUT2D eigenvalue weighted by Gasteiger charge is 2.39. The SMILES string of the molecule is CCCN(CCC)Cc1c(O)ccc2c(=O)c(-c3ccccc3)c(C(F)(F)F)oc12. The van der Waals surface area contributed by atoms with Gasteiger partial charge in [-0.2, -0.15) is 13.2 Å². The first-order valence-electron chi connectivity index (χ1n) is 9.94. The molecule has 3 aromatic rings. The Labute approximate surface area is 172 Å². The Balaban J connectivity index is 2.30. The van der Waals surface area contributed by atoms with Crippen molar-refractivity contribution in [2.75, 3.05) is 13.1 Å². The second kappa shape index (κ2) is 8.92. The predicted octanol–water partition coefficient (Wildman–Crippen LogP) is 5.81. The fraction of sp³-hybridized carbons (Fsp3) is 0.348. The van der Waals surface area contributed by atoms with Crippen LogP contribution in [0.2, 0.25) is 0 Å². The summed E-state index contributed by atoms with van der Waals surface area (Å²) in [5.74, 6) is -1.54. The van der Waals surface area contributed by atoms with Gasteiger partial charge in [0.25, 0.3) is 0 Å². The fourth-order valence-electron chi connectivity index (χ4n) is 3.65. The van der Waals surface area contributed by atoms with Gasteiger partial charge in [0.2, 0.25) is 11.2 Å². The Kier molecular flexibility index (Phi) is 6.51. The van der Waals surface area contributed by atoms with Crippen molar-refractivity contribution < 1.29 is 22.7 Å². The van der Waals surface area contributed by atoms with Gasteiger partial charge in [0.1, 0.15) is 11.3 Å². The minimum atomic E-state index is -4.87. The van der Waals surface area contributed by atoms with Crippen molar-refractivity contribution >= 4 is 11.0 Å². The Morgan fingerprint density at radius 3 is 2.20 bits per heavy atom. The lowest BCUT2D eigenvalue weighted by Crippen LogP contribution is -2.25. The molecule has 0 bridgehead atoms. The summed E-state index contributed by atoms with van der Waals surface area (Å²) in [5, 5.41) is 10.4. The molecule has 30 heavy (non-hydrogen) atoms. The highest BCUT2D eigenvalue weighted by Crippen LogP contribution is 2.39. The molecule has 2 aromatic carbocycles. The van der Waals surface area contributed by atoms with E-state index in [9.17, 15) is 23.1 Å². The largest absolute Gasteiger partial charge is 0.507 e. The lowest BCUT2D eigenvalue weighted by atomic mass is 10.00. The number of halogens is 3. The third-order valence-electron chi connectivity index (χ3n) is 4.92. The molecule has 0 spiro atoms. The van der Waals surface area contributed by atoms with Gasteiger partial charge in [-0.05, 0) is 43.6 Å². The third kappa shape index (κ3) is 4.36. The second-order valence-electron chi connectivity index (χ2n) is 7.22. The Morgan fingerprint density at radius 2 is 1.63 bits per heavy atom. The zero-order valence-electron chi connectivity index (χ0n) is 16.9. The fourth-order valence-corrected chi connectivity index (χ4v) is 3.65. The van der Waals surface area contributed by atoms with E-state index in [0.29, 0.717) is 13.1 Å². The van der Waals surface area contributed by atoms with Crippen LogP contribution in [0.5, 0.6) is 5.75 Å². The standard InChI is InChI=1S/C23H24F3NO3/c1-3-12-27(13-4-2)14-17-18(28)11-10-16-20(29)19(15-8-6-5-7-9-15)22(23(24,25)26)30-21(16)17/h5-11,28H,3-4,12-14H2,1-2H3. The van der Waals surface area contributed by atoms with E-state index in [-0.39, 0.29) is 34.4 Å². The number of phenols is 1. The minimum Gasteiger partial charge on any atom is -0.507 e. The molecule has 0 atom stereocenters. The summed E-state index contributed by atoms with van der Waals surface area (Å²) in [5.41, 5.74) is -1.19. The first kappa shape index (κ1) is 21.9. The molecule has 0 unspecified atom stereocenters. The van der Waals surface area contributed by atoms with Crippen LogP contribution in [0.25, 0.3) is 22.1 Å². The summed E-state index contributed by atoms with van der Waals surface area (Å²) in [6.45, 7) is 5.61. The zero-order chi connectivity index (χ0) is 21.9. The van der Waals surface area contributed by atoms with Crippen molar-refractivity contribution in [1.29, 1.82) is 0 Å². The number of rotatable bonds is 7. The highest BCUT2D eigenvalue weighted by molar-refractivity contribution is 5.86. The van der Waals surface area contributed by atoms with E-state index in [1.165, 1.54) is 24.3 Å². The van der Waals surface area contributed by atoms with Crippen molar-refractivity contribution in [3.63, 3.8) is 0 Å². The smallest absolute Gasteiger partial charge is 0.450 e. The quantitative estimate of drug-likeness (QED) is 0.525. The van der Waals surface area contributed by atoms with Crippen molar-refractivity contribution in [3.05, 3.63) is 64.0 Å². The van der Waals surface area contributed by atoms with Gasteiger partial charge in [-0.1, -0.05) is 44.2 Å². The van der Waals surface area contributed by atoms with Gasteiger partial charge in [-0.3, -0.25) is 9.69 Å². The van der Waals surface area contributed by atoms with Gasteiger partial charge in [0, 0.05) is 6.54 Å². The van der Waals surface area contributed by atoms with Crippen LogP contribution in [0, 0.1) is 0 Å². The number of hydrogen-bond acceptors (Lipinski definition) is 4. The molecule has 1 N–H and O–H groups in total. The first-order chi connectivity index (χ1) is 14.3. The van der Waals surface area contributed by atoms with Gasteiger partial charge in [0.05, 0.1) is 16.5 Å². The highest BCUT2D eigenvalue weighted by atomic mass is 19.4. The summed E-state index contributed by atoms with van der Waals surface area (Å²) >= 11 is 0. The molecule has 0 aliphatic heterocycles. The molecule has 0 amide bonds. The molecule has 0 aliphatic carbocycles. The van der Waals surface area contributed by atoms with E-state index in [0.717, 1.165) is 12.8 Å². The number of hydrogen-bond donors (Lipinski definition) is 1. The first-order valence-corrected chi connectivity index (χ1v) is 9.94. The Bertz CT molecular complexity index is 1070. The molecular weight excluding hydrogens is 395 g/mol. The molecular formula is C23H24F3NO3. The predicted molar refractivity (Wildman–Crippen MR) is 110 cm³/mol. The molecule has 160 valence electrons. The summed E-state index contributed by atoms with van der Waals surface area (Å²) < 4.78 is 47.0. The summed E-state index contributed by atoms with van der Waals surface area (Å²) in [7, 11) is 0. The maximum atomic E-state index is 13.9. The molecule has 0 saturated heterocycles. The Morgan fingerprint density at radius 1 is 1.00 bits per heavy atom. The van der Waals surface area contributed by atoms with Crippen LogP contribution in [-0.4, -0.2) is 23.1 Å². The van der Waals surface area contributed by atoms with E-state index in [4.69, 9.17) is 4.42 Å². The van der Waals surface area contributed by atoms with Crippen LogP contribution in [0.15, 0.2) is 51.7 Å². The van der Waals surface area contributed by atoms with Crippen LogP contribution in [-0.2, 0) is 12.7 Å². The molecule has 0 radical (unpaired) electrons. The van der Waals surface area contributed by atoms with Gasteiger partial charge in [-0.15, -0.1) is 0 Å². The lowest BCUT2D eigenvalue weighted by Gasteiger charge is -2.22. The number of alkyl halides is 3. The summed E-state index contributed by atoms with van der Waals surface area (Å²) in [6, 6.07) is 10.3. The number of phenolic OH excluding ortho intramolecular Hbond substituents is 1. The van der Waals surface area contributed by atoms with Crippen LogP contribution in [0.1, 0.15) is 38.0 Å². The number of benzene rings is 2. The molecule has 0 aliphatic rings. The van der Waals surface area contributed by atoms with Crippen molar-refractivity contribution in [2.45, 2.75) is 39.4 Å². The lowest BCUT2D eigenvalue weighted by molar-refractivity contribution is -0.152. The third-order valence-corrected chi connectivity index (χ3v) is 4.92. The van der Waals surface area contributed by atoms with Crippen LogP contribution < -0.4 is 5.43 Å². The molecule has 4 nitrogen and oxygen atoms in total. The maximum Gasteiger partial charge on any atom is 0.450 e.